The molecule has 2 unspecified atom stereocenters. The van der Waals surface area contributed by atoms with E-state index in [9.17, 15) is 0 Å². The first kappa shape index (κ1) is 12.4. The minimum Gasteiger partial charge on any atom is -0.361 e. The zero-order valence-electron chi connectivity index (χ0n) is 11.9. The zero-order valence-corrected chi connectivity index (χ0v) is 11.9. The van der Waals surface area contributed by atoms with Gasteiger partial charge in [-0.1, -0.05) is 18.2 Å². The number of nitrogens with zero attached hydrogens (tertiary/aromatic N) is 1. The van der Waals surface area contributed by atoms with Gasteiger partial charge in [0.25, 0.3) is 0 Å². The molecule has 1 aromatic heterocycles. The van der Waals surface area contributed by atoms with Crippen molar-refractivity contribution >= 4 is 10.9 Å². The quantitative estimate of drug-likeness (QED) is 0.900. The fourth-order valence-electron chi connectivity index (χ4n) is 4.27. The lowest BCUT2D eigenvalue weighted by Crippen LogP contribution is -2.48. The average Bonchev–Trinajstić information content (AvgIpc) is 2.96. The topological polar surface area (TPSA) is 45.0 Å². The van der Waals surface area contributed by atoms with E-state index in [1.54, 1.807) is 0 Å². The lowest BCUT2D eigenvalue weighted by molar-refractivity contribution is 0.130. The van der Waals surface area contributed by atoms with Gasteiger partial charge < -0.3 is 10.7 Å². The fourth-order valence-corrected chi connectivity index (χ4v) is 4.27. The van der Waals surface area contributed by atoms with Gasteiger partial charge in [-0.05, 0) is 43.7 Å². The number of piperidine rings is 1. The normalized spacial score (nSPS) is 30.1. The van der Waals surface area contributed by atoms with Crippen LogP contribution < -0.4 is 5.73 Å². The summed E-state index contributed by atoms with van der Waals surface area (Å²) in [6.45, 7) is 1.18. The van der Waals surface area contributed by atoms with Crippen LogP contribution in [0, 0.1) is 0 Å². The summed E-state index contributed by atoms with van der Waals surface area (Å²) < 4.78 is 0. The van der Waals surface area contributed by atoms with Gasteiger partial charge in [0.1, 0.15) is 0 Å². The number of H-pyrrole nitrogens is 1. The summed E-state index contributed by atoms with van der Waals surface area (Å²) in [6.07, 6.45) is 8.43. The molecular formula is C17H23N3. The predicted molar refractivity (Wildman–Crippen MR) is 82.7 cm³/mol. The average molecular weight is 269 g/mol. The number of rotatable bonds is 3. The van der Waals surface area contributed by atoms with Crippen LogP contribution >= 0.6 is 0 Å². The van der Waals surface area contributed by atoms with Gasteiger partial charge in [-0.25, -0.2) is 0 Å². The van der Waals surface area contributed by atoms with Crippen LogP contribution in [0.2, 0.25) is 0 Å². The Morgan fingerprint density at radius 3 is 2.70 bits per heavy atom. The van der Waals surface area contributed by atoms with Gasteiger partial charge in [0, 0.05) is 41.8 Å². The van der Waals surface area contributed by atoms with Crippen molar-refractivity contribution in [2.75, 3.05) is 6.54 Å². The van der Waals surface area contributed by atoms with Crippen molar-refractivity contribution in [3.63, 3.8) is 0 Å². The van der Waals surface area contributed by atoms with E-state index in [0.29, 0.717) is 6.04 Å². The monoisotopic (exact) mass is 269 g/mol. The fraction of sp³-hybridized carbons (Fsp3) is 0.529. The Bertz CT molecular complexity index is 589. The minimum atomic E-state index is 0.442. The number of aromatic nitrogens is 1. The summed E-state index contributed by atoms with van der Waals surface area (Å²) >= 11 is 0. The molecular weight excluding hydrogens is 246 g/mol. The summed E-state index contributed by atoms with van der Waals surface area (Å²) in [7, 11) is 0. The van der Waals surface area contributed by atoms with Gasteiger partial charge in [-0.2, -0.15) is 0 Å². The van der Waals surface area contributed by atoms with Crippen LogP contribution in [0.1, 0.15) is 31.2 Å². The first-order chi connectivity index (χ1) is 9.81. The van der Waals surface area contributed by atoms with Crippen molar-refractivity contribution < 1.29 is 0 Å². The van der Waals surface area contributed by atoms with E-state index in [4.69, 9.17) is 5.73 Å². The number of nitrogens with one attached hydrogen (secondary N) is 1. The summed E-state index contributed by atoms with van der Waals surface area (Å²) in [6, 6.07) is 10.5. The van der Waals surface area contributed by atoms with Crippen LogP contribution in [-0.2, 0) is 6.42 Å². The third kappa shape index (κ3) is 2.05. The van der Waals surface area contributed by atoms with Crippen LogP contribution in [0.15, 0.2) is 30.5 Å². The Morgan fingerprint density at radius 1 is 1.15 bits per heavy atom. The predicted octanol–water partition coefficient (Wildman–Crippen LogP) is 2.66. The first-order valence-corrected chi connectivity index (χ1v) is 7.87. The Morgan fingerprint density at radius 2 is 1.90 bits per heavy atom. The summed E-state index contributed by atoms with van der Waals surface area (Å²) in [5.41, 5.74) is 8.86. The third-order valence-corrected chi connectivity index (χ3v) is 5.24. The summed E-state index contributed by atoms with van der Waals surface area (Å²) in [4.78, 5) is 6.11. The van der Waals surface area contributed by atoms with Crippen LogP contribution in [0.5, 0.6) is 0 Å². The standard InChI is InChI=1S/C17H23N3/c18-13-9-14-5-6-15(10-13)20(14)8-7-12-11-19-17-4-2-1-3-16(12)17/h1-4,11,13-15,19H,5-10,18H2. The van der Waals surface area contributed by atoms with E-state index in [2.05, 4.69) is 40.3 Å². The highest BCUT2D eigenvalue weighted by Gasteiger charge is 2.38. The highest BCUT2D eigenvalue weighted by molar-refractivity contribution is 5.83. The first-order valence-electron chi connectivity index (χ1n) is 7.87. The van der Waals surface area contributed by atoms with Crippen molar-refractivity contribution in [1.82, 2.24) is 9.88 Å². The number of hydrogen-bond donors (Lipinski definition) is 2. The zero-order chi connectivity index (χ0) is 13.5. The maximum Gasteiger partial charge on any atom is 0.0456 e. The van der Waals surface area contributed by atoms with Crippen LogP contribution in [0.4, 0.5) is 0 Å². The molecule has 2 aliphatic rings. The number of fused-ring (bicyclic) bond motifs is 3. The molecule has 3 heterocycles. The number of para-hydroxylation sites is 1. The number of hydrogen-bond acceptors (Lipinski definition) is 2. The molecule has 3 heteroatoms. The third-order valence-electron chi connectivity index (χ3n) is 5.24. The molecule has 2 saturated heterocycles. The molecule has 0 aliphatic carbocycles. The van der Waals surface area contributed by atoms with Gasteiger partial charge in [-0.3, -0.25) is 4.90 Å². The molecule has 1 aromatic carbocycles. The second-order valence-electron chi connectivity index (χ2n) is 6.46. The van der Waals surface area contributed by atoms with Crippen LogP contribution in [0.3, 0.4) is 0 Å². The van der Waals surface area contributed by atoms with Crippen molar-refractivity contribution in [2.24, 2.45) is 5.73 Å². The molecule has 0 amide bonds. The number of benzene rings is 1. The molecule has 2 bridgehead atoms. The SMILES string of the molecule is NC1CC2CCC(C1)N2CCc1c[nH]c2ccccc12. The molecule has 2 fully saturated rings. The van der Waals surface area contributed by atoms with Crippen molar-refractivity contribution in [2.45, 2.75) is 50.2 Å². The van der Waals surface area contributed by atoms with Gasteiger partial charge in [-0.15, -0.1) is 0 Å². The molecule has 106 valence electrons. The van der Waals surface area contributed by atoms with Gasteiger partial charge >= 0.3 is 0 Å². The smallest absolute Gasteiger partial charge is 0.0456 e. The molecule has 3 nitrogen and oxygen atoms in total. The minimum absolute atomic E-state index is 0.442. The van der Waals surface area contributed by atoms with Gasteiger partial charge in [0.15, 0.2) is 0 Å². The highest BCUT2D eigenvalue weighted by Crippen LogP contribution is 2.35. The second kappa shape index (κ2) is 4.90. The Balaban J connectivity index is 1.48. The van der Waals surface area contributed by atoms with Crippen molar-refractivity contribution in [3.05, 3.63) is 36.0 Å². The van der Waals surface area contributed by atoms with E-state index < -0.39 is 0 Å². The molecule has 0 saturated carbocycles. The van der Waals surface area contributed by atoms with Crippen LogP contribution in [0.25, 0.3) is 10.9 Å². The number of nitrogens with two attached hydrogens (primary N) is 1. The molecule has 4 rings (SSSR count). The van der Waals surface area contributed by atoms with E-state index in [0.717, 1.165) is 18.5 Å². The molecule has 2 aromatic rings. The molecule has 3 N–H and O–H groups in total. The summed E-state index contributed by atoms with van der Waals surface area (Å²) in [5.74, 6) is 0. The van der Waals surface area contributed by atoms with Gasteiger partial charge in [0.2, 0.25) is 0 Å². The van der Waals surface area contributed by atoms with Crippen molar-refractivity contribution in [3.8, 4) is 0 Å². The molecule has 0 spiro atoms. The molecule has 20 heavy (non-hydrogen) atoms. The summed E-state index contributed by atoms with van der Waals surface area (Å²) in [5, 5.41) is 1.38. The Hall–Kier alpha value is -1.32. The van der Waals surface area contributed by atoms with E-state index in [1.165, 1.54) is 48.7 Å². The molecule has 0 radical (unpaired) electrons. The van der Waals surface area contributed by atoms with Crippen LogP contribution in [-0.4, -0.2) is 34.6 Å². The number of aromatic amines is 1. The van der Waals surface area contributed by atoms with E-state index in [1.807, 2.05) is 0 Å². The maximum absolute atomic E-state index is 6.15. The maximum atomic E-state index is 6.15. The van der Waals surface area contributed by atoms with E-state index >= 15 is 0 Å². The highest BCUT2D eigenvalue weighted by atomic mass is 15.2. The van der Waals surface area contributed by atoms with Gasteiger partial charge in [0.05, 0.1) is 0 Å². The molecule has 2 atom stereocenters. The van der Waals surface area contributed by atoms with E-state index in [-0.39, 0.29) is 0 Å². The lowest BCUT2D eigenvalue weighted by Gasteiger charge is -2.37. The largest absolute Gasteiger partial charge is 0.361 e. The molecule has 2 aliphatic heterocycles. The lowest BCUT2D eigenvalue weighted by atomic mass is 9.97. The Kier molecular flexibility index (Phi) is 3.04. The second-order valence-corrected chi connectivity index (χ2v) is 6.46. The Labute approximate surface area is 120 Å². The van der Waals surface area contributed by atoms with Crippen molar-refractivity contribution in [1.29, 1.82) is 0 Å².